The molecule has 1 aliphatic heterocycles. The fourth-order valence-electron chi connectivity index (χ4n) is 1.81. The van der Waals surface area contributed by atoms with Gasteiger partial charge in [-0.25, -0.2) is 4.98 Å². The van der Waals surface area contributed by atoms with Crippen molar-refractivity contribution in [1.82, 2.24) is 4.98 Å². The molecule has 0 radical (unpaired) electrons. The topological polar surface area (TPSA) is 103 Å². The molecule has 0 saturated carbocycles. The molecular weight excluding hydrogens is 220 g/mol. The Balaban J connectivity index is 2.10. The fourth-order valence-corrected chi connectivity index (χ4v) is 1.81. The van der Waals surface area contributed by atoms with Crippen LogP contribution in [0.2, 0.25) is 0 Å². The van der Waals surface area contributed by atoms with Crippen LogP contribution in [0.25, 0.3) is 0 Å². The first-order valence-electron chi connectivity index (χ1n) is 5.56. The van der Waals surface area contributed by atoms with Crippen molar-refractivity contribution in [2.24, 2.45) is 5.73 Å². The Kier molecular flexibility index (Phi) is 3.43. The molecule has 0 bridgehead atoms. The van der Waals surface area contributed by atoms with E-state index in [1.165, 1.54) is 6.20 Å². The summed E-state index contributed by atoms with van der Waals surface area (Å²) in [6.07, 6.45) is 3.30. The number of nitrogens with zero attached hydrogens (tertiary/aromatic N) is 1. The lowest BCUT2D eigenvalue weighted by Crippen LogP contribution is -2.28. The molecule has 6 nitrogen and oxygen atoms in total. The van der Waals surface area contributed by atoms with Crippen molar-refractivity contribution in [3.05, 3.63) is 17.8 Å². The quantitative estimate of drug-likeness (QED) is 0.702. The fraction of sp³-hybridized carbons (Fsp3) is 0.455. The summed E-state index contributed by atoms with van der Waals surface area (Å²) in [5, 5.41) is 3.25. The SMILES string of the molecule is NC(=O)c1cc(NC2CCOCC2)ncc1N. The predicted octanol–water partition coefficient (Wildman–Crippen LogP) is 0.354. The number of anilines is 2. The van der Waals surface area contributed by atoms with E-state index in [1.54, 1.807) is 6.07 Å². The molecule has 1 aromatic heterocycles. The molecule has 17 heavy (non-hydrogen) atoms. The molecule has 0 aromatic carbocycles. The van der Waals surface area contributed by atoms with E-state index in [0.717, 1.165) is 26.1 Å². The number of nitrogen functional groups attached to an aromatic ring is 1. The second-order valence-electron chi connectivity index (χ2n) is 4.05. The van der Waals surface area contributed by atoms with E-state index < -0.39 is 5.91 Å². The van der Waals surface area contributed by atoms with Crippen LogP contribution in [0.15, 0.2) is 12.3 Å². The van der Waals surface area contributed by atoms with Gasteiger partial charge >= 0.3 is 0 Å². The molecular formula is C11H16N4O2. The molecule has 1 saturated heterocycles. The zero-order valence-electron chi connectivity index (χ0n) is 9.48. The average Bonchev–Trinajstić information content (AvgIpc) is 2.32. The molecule has 6 heteroatoms. The number of primary amides is 1. The van der Waals surface area contributed by atoms with Gasteiger partial charge in [-0.05, 0) is 18.9 Å². The summed E-state index contributed by atoms with van der Waals surface area (Å²) >= 11 is 0. The zero-order chi connectivity index (χ0) is 12.3. The van der Waals surface area contributed by atoms with E-state index in [1.807, 2.05) is 0 Å². The predicted molar refractivity (Wildman–Crippen MR) is 64.6 cm³/mol. The van der Waals surface area contributed by atoms with Crippen molar-refractivity contribution >= 4 is 17.4 Å². The van der Waals surface area contributed by atoms with Crippen molar-refractivity contribution < 1.29 is 9.53 Å². The standard InChI is InChI=1S/C11H16N4O2/c12-9-6-14-10(5-8(9)11(13)16)15-7-1-3-17-4-2-7/h5-7H,1-4,12H2,(H2,13,16)(H,14,15). The molecule has 1 aliphatic rings. The number of nitrogens with two attached hydrogens (primary N) is 2. The first-order chi connectivity index (χ1) is 8.16. The van der Waals surface area contributed by atoms with Crippen LogP contribution >= 0.6 is 0 Å². The Morgan fingerprint density at radius 2 is 2.18 bits per heavy atom. The smallest absolute Gasteiger partial charge is 0.250 e. The van der Waals surface area contributed by atoms with Crippen molar-refractivity contribution in [3.8, 4) is 0 Å². The van der Waals surface area contributed by atoms with Crippen LogP contribution in [0.3, 0.4) is 0 Å². The lowest BCUT2D eigenvalue weighted by Gasteiger charge is -2.23. The highest BCUT2D eigenvalue weighted by molar-refractivity contribution is 5.98. The summed E-state index contributed by atoms with van der Waals surface area (Å²) in [6.45, 7) is 1.49. The average molecular weight is 236 g/mol. The molecule has 2 rings (SSSR count). The highest BCUT2D eigenvalue weighted by Crippen LogP contribution is 2.17. The van der Waals surface area contributed by atoms with Gasteiger partial charge in [-0.15, -0.1) is 0 Å². The number of hydrogen-bond donors (Lipinski definition) is 3. The maximum Gasteiger partial charge on any atom is 0.250 e. The molecule has 1 aromatic rings. The summed E-state index contributed by atoms with van der Waals surface area (Å²) < 4.78 is 5.26. The van der Waals surface area contributed by atoms with Crippen LogP contribution < -0.4 is 16.8 Å². The number of nitrogens with one attached hydrogen (secondary N) is 1. The van der Waals surface area contributed by atoms with Gasteiger partial charge in [0.1, 0.15) is 5.82 Å². The third kappa shape index (κ3) is 2.85. The van der Waals surface area contributed by atoms with Crippen molar-refractivity contribution in [3.63, 3.8) is 0 Å². The minimum atomic E-state index is -0.542. The van der Waals surface area contributed by atoms with Gasteiger partial charge in [0.2, 0.25) is 0 Å². The first-order valence-corrected chi connectivity index (χ1v) is 5.56. The van der Waals surface area contributed by atoms with Crippen LogP contribution in [-0.2, 0) is 4.74 Å². The van der Waals surface area contributed by atoms with Gasteiger partial charge in [0.25, 0.3) is 5.91 Å². The summed E-state index contributed by atoms with van der Waals surface area (Å²) in [6, 6.07) is 1.91. The van der Waals surface area contributed by atoms with Crippen LogP contribution in [-0.4, -0.2) is 30.1 Å². The zero-order valence-corrected chi connectivity index (χ0v) is 9.48. The highest BCUT2D eigenvalue weighted by Gasteiger charge is 2.15. The van der Waals surface area contributed by atoms with E-state index in [2.05, 4.69) is 10.3 Å². The van der Waals surface area contributed by atoms with Gasteiger partial charge in [0.05, 0.1) is 17.4 Å². The first kappa shape index (κ1) is 11.7. The van der Waals surface area contributed by atoms with E-state index in [4.69, 9.17) is 16.2 Å². The van der Waals surface area contributed by atoms with Crippen LogP contribution in [0.5, 0.6) is 0 Å². The number of hydrogen-bond acceptors (Lipinski definition) is 5. The number of carbonyl (C=O) groups excluding carboxylic acids is 1. The molecule has 1 amide bonds. The second kappa shape index (κ2) is 5.01. The number of pyridine rings is 1. The van der Waals surface area contributed by atoms with Gasteiger partial charge in [-0.1, -0.05) is 0 Å². The number of ether oxygens (including phenoxy) is 1. The molecule has 0 aliphatic carbocycles. The summed E-state index contributed by atoms with van der Waals surface area (Å²) in [7, 11) is 0. The number of carbonyl (C=O) groups is 1. The Morgan fingerprint density at radius 1 is 1.47 bits per heavy atom. The lowest BCUT2D eigenvalue weighted by atomic mass is 10.1. The monoisotopic (exact) mass is 236 g/mol. The Bertz CT molecular complexity index is 416. The minimum Gasteiger partial charge on any atom is -0.397 e. The van der Waals surface area contributed by atoms with Gasteiger partial charge in [-0.2, -0.15) is 0 Å². The summed E-state index contributed by atoms with van der Waals surface area (Å²) in [5.74, 6) is 0.0832. The molecule has 5 N–H and O–H groups in total. The Labute approximate surface area is 99.3 Å². The van der Waals surface area contributed by atoms with Crippen LogP contribution in [0.4, 0.5) is 11.5 Å². The molecule has 0 atom stereocenters. The van der Waals surface area contributed by atoms with Crippen LogP contribution in [0.1, 0.15) is 23.2 Å². The van der Waals surface area contributed by atoms with E-state index in [-0.39, 0.29) is 0 Å². The van der Waals surface area contributed by atoms with Crippen LogP contribution in [0, 0.1) is 0 Å². The summed E-state index contributed by atoms with van der Waals surface area (Å²) in [5.41, 5.74) is 11.4. The second-order valence-corrected chi connectivity index (χ2v) is 4.05. The molecule has 1 fully saturated rings. The lowest BCUT2D eigenvalue weighted by molar-refractivity contribution is 0.0903. The minimum absolute atomic E-state index is 0.301. The van der Waals surface area contributed by atoms with Gasteiger partial charge < -0.3 is 21.5 Å². The van der Waals surface area contributed by atoms with Crippen molar-refractivity contribution in [2.45, 2.75) is 18.9 Å². The number of amides is 1. The Hall–Kier alpha value is -1.82. The number of rotatable bonds is 3. The van der Waals surface area contributed by atoms with Gasteiger partial charge in [-0.3, -0.25) is 4.79 Å². The van der Waals surface area contributed by atoms with E-state index in [9.17, 15) is 4.79 Å². The third-order valence-electron chi connectivity index (χ3n) is 2.77. The Morgan fingerprint density at radius 3 is 2.82 bits per heavy atom. The van der Waals surface area contributed by atoms with Crippen molar-refractivity contribution in [2.75, 3.05) is 24.3 Å². The van der Waals surface area contributed by atoms with Crippen molar-refractivity contribution in [1.29, 1.82) is 0 Å². The molecule has 0 unspecified atom stereocenters. The van der Waals surface area contributed by atoms with Gasteiger partial charge in [0, 0.05) is 19.3 Å². The molecule has 0 spiro atoms. The van der Waals surface area contributed by atoms with E-state index in [0.29, 0.717) is 23.1 Å². The molecule has 92 valence electrons. The maximum atomic E-state index is 11.1. The normalized spacial score (nSPS) is 16.7. The maximum absolute atomic E-state index is 11.1. The largest absolute Gasteiger partial charge is 0.397 e. The number of aromatic nitrogens is 1. The van der Waals surface area contributed by atoms with Gasteiger partial charge in [0.15, 0.2) is 0 Å². The highest BCUT2D eigenvalue weighted by atomic mass is 16.5. The third-order valence-corrected chi connectivity index (χ3v) is 2.77. The van der Waals surface area contributed by atoms with E-state index >= 15 is 0 Å². The summed E-state index contributed by atoms with van der Waals surface area (Å²) in [4.78, 5) is 15.3. The molecule has 2 heterocycles.